The van der Waals surface area contributed by atoms with Crippen molar-refractivity contribution < 1.29 is 23.4 Å². The van der Waals surface area contributed by atoms with Crippen LogP contribution in [0.15, 0.2) is 24.3 Å². The molecule has 0 fully saturated rings. The normalized spacial score (nSPS) is 8.94. The van der Waals surface area contributed by atoms with Gasteiger partial charge in [0.15, 0.2) is 0 Å². The molecule has 94 valence electrons. The molecule has 0 spiro atoms. The number of hydrogen-bond acceptors (Lipinski definition) is 4. The predicted octanol–water partition coefficient (Wildman–Crippen LogP) is 0.154. The molecule has 0 heterocycles. The Bertz CT molecular complexity index is 631. The van der Waals surface area contributed by atoms with Crippen molar-refractivity contribution in [2.24, 2.45) is 0 Å². The first kappa shape index (κ1) is 13.8. The number of amides is 1. The molecule has 2 N–H and O–H groups in total. The molecule has 1 amide bonds. The highest BCUT2D eigenvalue weighted by Crippen LogP contribution is 2.14. The molecule has 0 aliphatic carbocycles. The van der Waals surface area contributed by atoms with E-state index in [4.69, 9.17) is 10.2 Å². The monoisotopic (exact) mass is 267 g/mol. The van der Waals surface area contributed by atoms with E-state index in [-0.39, 0.29) is 12.3 Å². The molecule has 7 heteroatoms. The van der Waals surface area contributed by atoms with E-state index < -0.39 is 16.4 Å². The van der Waals surface area contributed by atoms with E-state index in [0.717, 1.165) is 0 Å². The standard InChI is InChI=1S/C11H9NO5S/c13-6-2-4-9-3-1-5-10(7-9)12(11(14)15)8-18(16)17/h1,3,5,7-8,13H,6H2,(H,14,15). The maximum atomic E-state index is 10.9. The van der Waals surface area contributed by atoms with Crippen molar-refractivity contribution in [1.29, 1.82) is 0 Å². The number of aliphatic hydroxyl groups excluding tert-OH is 1. The first-order valence-corrected chi connectivity index (χ1v) is 5.83. The largest absolute Gasteiger partial charge is 0.464 e. The van der Waals surface area contributed by atoms with Crippen molar-refractivity contribution in [3.63, 3.8) is 0 Å². The quantitative estimate of drug-likeness (QED) is 0.587. The van der Waals surface area contributed by atoms with Gasteiger partial charge in [-0.15, -0.1) is 0 Å². The number of carbonyl (C=O) groups is 1. The third-order valence-electron chi connectivity index (χ3n) is 1.83. The van der Waals surface area contributed by atoms with Crippen LogP contribution in [-0.2, 0) is 10.3 Å². The van der Waals surface area contributed by atoms with E-state index in [1.54, 1.807) is 6.07 Å². The number of anilines is 1. The van der Waals surface area contributed by atoms with Crippen molar-refractivity contribution in [3.05, 3.63) is 29.8 Å². The van der Waals surface area contributed by atoms with Gasteiger partial charge in [-0.1, -0.05) is 17.9 Å². The average Bonchev–Trinajstić information content (AvgIpc) is 2.33. The summed E-state index contributed by atoms with van der Waals surface area (Å²) in [5, 5.41) is 17.4. The van der Waals surface area contributed by atoms with Gasteiger partial charge in [0.2, 0.25) is 10.3 Å². The molecule has 0 bridgehead atoms. The fraction of sp³-hybridized carbons (Fsp3) is 0.0909. The van der Waals surface area contributed by atoms with E-state index in [1.807, 2.05) is 0 Å². The molecule has 1 rings (SSSR count). The molecular weight excluding hydrogens is 258 g/mol. The SMILES string of the molecule is O=C(O)N(C=S(=O)=O)c1cccc(C#CCO)c1. The number of carboxylic acid groups (broad SMARTS) is 1. The molecule has 1 aromatic rings. The Morgan fingerprint density at radius 1 is 1.44 bits per heavy atom. The minimum absolute atomic E-state index is 0.149. The summed E-state index contributed by atoms with van der Waals surface area (Å²) in [7, 11) is -2.63. The third-order valence-corrected chi connectivity index (χ3v) is 2.22. The van der Waals surface area contributed by atoms with Gasteiger partial charge in [0.25, 0.3) is 0 Å². The van der Waals surface area contributed by atoms with Crippen LogP contribution in [0.25, 0.3) is 0 Å². The highest BCUT2D eigenvalue weighted by Gasteiger charge is 2.12. The Labute approximate surface area is 105 Å². The molecule has 0 unspecified atom stereocenters. The Morgan fingerprint density at radius 3 is 2.72 bits per heavy atom. The summed E-state index contributed by atoms with van der Waals surface area (Å²) in [6, 6.07) is 5.98. The third kappa shape index (κ3) is 3.93. The van der Waals surface area contributed by atoms with Crippen LogP contribution in [0.5, 0.6) is 0 Å². The molecule has 0 saturated heterocycles. The smallest absolute Gasteiger partial charge is 0.416 e. The van der Waals surface area contributed by atoms with Gasteiger partial charge in [0.1, 0.15) is 12.1 Å². The Balaban J connectivity index is 3.21. The van der Waals surface area contributed by atoms with Crippen LogP contribution in [0, 0.1) is 11.8 Å². The van der Waals surface area contributed by atoms with Gasteiger partial charge in [0.05, 0.1) is 5.69 Å². The van der Waals surface area contributed by atoms with E-state index in [1.165, 1.54) is 18.2 Å². The molecule has 0 aromatic heterocycles. The molecular formula is C11H9NO5S. The van der Waals surface area contributed by atoms with Crippen LogP contribution in [0.3, 0.4) is 0 Å². The summed E-state index contributed by atoms with van der Waals surface area (Å²) in [5.74, 6) is 5.00. The zero-order valence-electron chi connectivity index (χ0n) is 9.07. The minimum Gasteiger partial charge on any atom is -0.464 e. The van der Waals surface area contributed by atoms with E-state index in [9.17, 15) is 13.2 Å². The molecule has 0 atom stereocenters. The zero-order chi connectivity index (χ0) is 13.5. The molecule has 0 radical (unpaired) electrons. The van der Waals surface area contributed by atoms with Crippen molar-refractivity contribution in [3.8, 4) is 11.8 Å². The van der Waals surface area contributed by atoms with Crippen molar-refractivity contribution in [2.45, 2.75) is 0 Å². The number of nitrogens with zero attached hydrogens (tertiary/aromatic N) is 1. The van der Waals surface area contributed by atoms with Gasteiger partial charge in [-0.2, -0.15) is 8.42 Å². The second kappa shape index (κ2) is 6.44. The highest BCUT2D eigenvalue weighted by molar-refractivity contribution is 7.71. The fourth-order valence-electron chi connectivity index (χ4n) is 1.18. The van der Waals surface area contributed by atoms with E-state index in [0.29, 0.717) is 16.0 Å². The zero-order valence-corrected chi connectivity index (χ0v) is 9.88. The number of aliphatic hydroxyl groups is 1. The fourth-order valence-corrected chi connectivity index (χ4v) is 1.56. The summed E-state index contributed by atoms with van der Waals surface area (Å²) >= 11 is 0. The maximum Gasteiger partial charge on any atom is 0.416 e. The molecule has 0 aliphatic heterocycles. The number of benzene rings is 1. The Hall–Kier alpha value is -2.30. The topological polar surface area (TPSA) is 94.9 Å². The summed E-state index contributed by atoms with van der Waals surface area (Å²) in [6.07, 6.45) is -1.42. The Morgan fingerprint density at radius 2 is 2.17 bits per heavy atom. The van der Waals surface area contributed by atoms with Gasteiger partial charge in [0, 0.05) is 5.56 Å². The van der Waals surface area contributed by atoms with Crippen LogP contribution < -0.4 is 4.90 Å². The average molecular weight is 267 g/mol. The lowest BCUT2D eigenvalue weighted by atomic mass is 10.2. The molecule has 6 nitrogen and oxygen atoms in total. The lowest BCUT2D eigenvalue weighted by molar-refractivity contribution is 0.206. The maximum absolute atomic E-state index is 10.9. The summed E-state index contributed by atoms with van der Waals surface area (Å²) in [6.45, 7) is -0.316. The first-order valence-electron chi connectivity index (χ1n) is 4.69. The summed E-state index contributed by atoms with van der Waals surface area (Å²) in [5.41, 5.74) is 1.16. The molecule has 0 saturated carbocycles. The van der Waals surface area contributed by atoms with Gasteiger partial charge < -0.3 is 10.2 Å². The van der Waals surface area contributed by atoms with Gasteiger partial charge >= 0.3 is 6.09 Å². The van der Waals surface area contributed by atoms with Crippen molar-refractivity contribution in [2.75, 3.05) is 11.5 Å². The predicted molar refractivity (Wildman–Crippen MR) is 65.9 cm³/mol. The van der Waals surface area contributed by atoms with Crippen LogP contribution in [0.4, 0.5) is 10.5 Å². The summed E-state index contributed by atoms with van der Waals surface area (Å²) < 4.78 is 21.0. The number of hydrogen-bond donors (Lipinski definition) is 2. The highest BCUT2D eigenvalue weighted by atomic mass is 32.2. The molecule has 0 aliphatic rings. The number of rotatable bonds is 2. The Kier molecular flexibility index (Phi) is 4.92. The van der Waals surface area contributed by atoms with Crippen LogP contribution in [0.2, 0.25) is 0 Å². The van der Waals surface area contributed by atoms with Crippen LogP contribution in [0.1, 0.15) is 5.56 Å². The van der Waals surface area contributed by atoms with Gasteiger partial charge in [-0.05, 0) is 18.2 Å². The van der Waals surface area contributed by atoms with E-state index >= 15 is 0 Å². The minimum atomic E-state index is -2.63. The molecule has 18 heavy (non-hydrogen) atoms. The van der Waals surface area contributed by atoms with Crippen molar-refractivity contribution in [1.82, 2.24) is 0 Å². The molecule has 1 aromatic carbocycles. The van der Waals surface area contributed by atoms with Gasteiger partial charge in [-0.3, -0.25) is 0 Å². The second-order valence-corrected chi connectivity index (χ2v) is 3.76. The van der Waals surface area contributed by atoms with E-state index in [2.05, 4.69) is 11.8 Å². The van der Waals surface area contributed by atoms with Crippen molar-refractivity contribution >= 4 is 27.6 Å². The summed E-state index contributed by atoms with van der Waals surface area (Å²) in [4.78, 5) is 11.5. The van der Waals surface area contributed by atoms with Crippen LogP contribution in [-0.4, -0.2) is 36.8 Å². The van der Waals surface area contributed by atoms with Gasteiger partial charge in [-0.25, -0.2) is 9.69 Å². The lowest BCUT2D eigenvalue weighted by Crippen LogP contribution is -2.27. The lowest BCUT2D eigenvalue weighted by Gasteiger charge is -2.12. The first-order chi connectivity index (χ1) is 8.54. The second-order valence-electron chi connectivity index (χ2n) is 3.03. The van der Waals surface area contributed by atoms with Crippen LogP contribution >= 0.6 is 0 Å².